The van der Waals surface area contributed by atoms with E-state index < -0.39 is 5.91 Å². The van der Waals surface area contributed by atoms with Crippen LogP contribution in [0.15, 0.2) is 90.0 Å². The Hall–Kier alpha value is -4.09. The molecule has 1 aliphatic heterocycles. The van der Waals surface area contributed by atoms with Gasteiger partial charge >= 0.3 is 0 Å². The number of nitrogens with one attached hydrogen (secondary N) is 3. The molecule has 1 saturated heterocycles. The van der Waals surface area contributed by atoms with E-state index in [9.17, 15) is 9.59 Å². The summed E-state index contributed by atoms with van der Waals surface area (Å²) in [6.07, 6.45) is 2.45. The van der Waals surface area contributed by atoms with Crippen LogP contribution in [0.1, 0.15) is 11.1 Å². The lowest BCUT2D eigenvalue weighted by molar-refractivity contribution is -0.112. The van der Waals surface area contributed by atoms with E-state index >= 15 is 0 Å². The Labute approximate surface area is 254 Å². The van der Waals surface area contributed by atoms with Crippen molar-refractivity contribution in [1.82, 2.24) is 9.88 Å². The van der Waals surface area contributed by atoms with Crippen LogP contribution in [-0.4, -0.2) is 48.0 Å². The molecule has 11 heteroatoms. The standard InChI is InChI=1S/C31H33ClN6O3S/c1-4-29(39)35-24-9-6-8-23(17-24)26-15-22(19-38-11-13-41-14-12-38)16-28(36-26)34-21(3)42-27(18-33)31(40)37-30-20(2)7-5-10-25(30)32/h4-10,15-18H,1,3,11-14,19,33H2,2H3,(H,34,36)(H,35,39)(H,37,40)/b27-18-. The van der Waals surface area contributed by atoms with Crippen LogP contribution in [0, 0.1) is 6.92 Å². The fraction of sp³-hybridized carbons (Fsp3) is 0.194. The molecule has 0 spiro atoms. The van der Waals surface area contributed by atoms with Crippen LogP contribution in [0.3, 0.4) is 0 Å². The first-order chi connectivity index (χ1) is 20.2. The van der Waals surface area contributed by atoms with Crippen molar-refractivity contribution in [1.29, 1.82) is 0 Å². The summed E-state index contributed by atoms with van der Waals surface area (Å²) in [6, 6.07) is 16.8. The van der Waals surface area contributed by atoms with Crippen molar-refractivity contribution in [2.24, 2.45) is 5.73 Å². The highest BCUT2D eigenvalue weighted by Gasteiger charge is 2.17. The van der Waals surface area contributed by atoms with E-state index in [4.69, 9.17) is 27.1 Å². The van der Waals surface area contributed by atoms with Crippen LogP contribution < -0.4 is 21.7 Å². The van der Waals surface area contributed by atoms with Gasteiger partial charge in [-0.2, -0.15) is 0 Å². The Bertz CT molecular complexity index is 1500. The Morgan fingerprint density at radius 1 is 1.12 bits per heavy atom. The summed E-state index contributed by atoms with van der Waals surface area (Å²) in [7, 11) is 0. The van der Waals surface area contributed by atoms with Gasteiger partial charge in [-0.3, -0.25) is 14.5 Å². The van der Waals surface area contributed by atoms with Gasteiger partial charge in [0.05, 0.1) is 39.6 Å². The summed E-state index contributed by atoms with van der Waals surface area (Å²) < 4.78 is 5.50. The van der Waals surface area contributed by atoms with Gasteiger partial charge in [0.2, 0.25) is 5.91 Å². The summed E-state index contributed by atoms with van der Waals surface area (Å²) in [5.74, 6) is -0.156. The molecular formula is C31H33ClN6O3S. The number of nitrogens with zero attached hydrogens (tertiary/aromatic N) is 2. The number of hydrogen-bond acceptors (Lipinski definition) is 8. The van der Waals surface area contributed by atoms with Crippen molar-refractivity contribution < 1.29 is 14.3 Å². The molecule has 9 nitrogen and oxygen atoms in total. The molecular weight excluding hydrogens is 572 g/mol. The minimum absolute atomic E-state index is 0.238. The second kappa shape index (κ2) is 14.7. The first kappa shape index (κ1) is 30.9. The maximum absolute atomic E-state index is 13.0. The summed E-state index contributed by atoms with van der Waals surface area (Å²) in [4.78, 5) is 32.2. The first-order valence-corrected chi connectivity index (χ1v) is 14.4. The van der Waals surface area contributed by atoms with Gasteiger partial charge in [-0.05, 0) is 54.5 Å². The summed E-state index contributed by atoms with van der Waals surface area (Å²) in [5, 5.41) is 9.72. The predicted octanol–water partition coefficient (Wildman–Crippen LogP) is 5.72. The predicted molar refractivity (Wildman–Crippen MR) is 172 cm³/mol. The fourth-order valence-electron chi connectivity index (χ4n) is 4.28. The molecule has 42 heavy (non-hydrogen) atoms. The largest absolute Gasteiger partial charge is 0.404 e. The SMILES string of the molecule is C=CC(=O)Nc1cccc(-c2cc(CN3CCOCC3)cc(NC(=C)S/C(=C\N)C(=O)Nc3c(C)cccc3Cl)n2)c1. The lowest BCUT2D eigenvalue weighted by Gasteiger charge is -2.27. The molecule has 218 valence electrons. The average Bonchev–Trinajstić information content (AvgIpc) is 2.98. The Morgan fingerprint density at radius 2 is 1.88 bits per heavy atom. The number of pyridine rings is 1. The van der Waals surface area contributed by atoms with Crippen molar-refractivity contribution in [2.75, 3.05) is 42.3 Å². The molecule has 2 amide bonds. The first-order valence-electron chi connectivity index (χ1n) is 13.2. The molecule has 1 aliphatic rings. The third-order valence-electron chi connectivity index (χ3n) is 6.34. The number of anilines is 3. The van der Waals surface area contributed by atoms with Crippen LogP contribution in [-0.2, 0) is 20.9 Å². The third-order valence-corrected chi connectivity index (χ3v) is 7.55. The minimum Gasteiger partial charge on any atom is -0.404 e. The number of rotatable bonds is 11. The highest BCUT2D eigenvalue weighted by Crippen LogP contribution is 2.31. The number of aromatic nitrogens is 1. The van der Waals surface area contributed by atoms with Gasteiger partial charge in [-0.1, -0.05) is 60.8 Å². The normalized spacial score (nSPS) is 13.7. The Kier molecular flexibility index (Phi) is 10.8. The smallest absolute Gasteiger partial charge is 0.264 e. The molecule has 2 heterocycles. The molecule has 0 atom stereocenters. The number of ether oxygens (including phenoxy) is 1. The molecule has 0 unspecified atom stereocenters. The summed E-state index contributed by atoms with van der Waals surface area (Å²) in [6.45, 7) is 13.2. The van der Waals surface area contributed by atoms with Crippen LogP contribution in [0.5, 0.6) is 0 Å². The molecule has 1 aromatic heterocycles. The second-order valence-corrected chi connectivity index (χ2v) is 11.0. The topological polar surface area (TPSA) is 122 Å². The molecule has 5 N–H and O–H groups in total. The van der Waals surface area contributed by atoms with E-state index in [1.165, 1.54) is 12.3 Å². The van der Waals surface area contributed by atoms with Crippen molar-refractivity contribution in [3.63, 3.8) is 0 Å². The zero-order valence-corrected chi connectivity index (χ0v) is 24.9. The molecule has 0 radical (unpaired) electrons. The minimum atomic E-state index is -0.408. The number of benzene rings is 2. The number of morpholine rings is 1. The van der Waals surface area contributed by atoms with Crippen molar-refractivity contribution in [2.45, 2.75) is 13.5 Å². The summed E-state index contributed by atoms with van der Waals surface area (Å²) in [5.41, 5.74) is 10.4. The van der Waals surface area contributed by atoms with Gasteiger partial charge in [0.15, 0.2) is 0 Å². The number of amides is 2. The number of hydrogen-bond donors (Lipinski definition) is 4. The van der Waals surface area contributed by atoms with E-state index in [0.29, 0.717) is 52.7 Å². The zero-order valence-electron chi connectivity index (χ0n) is 23.3. The molecule has 2 aromatic carbocycles. The molecule has 1 fully saturated rings. The van der Waals surface area contributed by atoms with Gasteiger partial charge in [-0.15, -0.1) is 0 Å². The average molecular weight is 605 g/mol. The molecule has 0 bridgehead atoms. The van der Waals surface area contributed by atoms with Crippen LogP contribution >= 0.6 is 23.4 Å². The van der Waals surface area contributed by atoms with E-state index in [-0.39, 0.29) is 10.8 Å². The Morgan fingerprint density at radius 3 is 2.60 bits per heavy atom. The van der Waals surface area contributed by atoms with Gasteiger partial charge in [0, 0.05) is 37.1 Å². The van der Waals surface area contributed by atoms with Gasteiger partial charge in [0.25, 0.3) is 5.91 Å². The maximum atomic E-state index is 13.0. The lowest BCUT2D eigenvalue weighted by atomic mass is 10.1. The quantitative estimate of drug-likeness (QED) is 0.205. The van der Waals surface area contributed by atoms with E-state index in [0.717, 1.165) is 41.5 Å². The highest BCUT2D eigenvalue weighted by atomic mass is 35.5. The van der Waals surface area contributed by atoms with Crippen molar-refractivity contribution >= 4 is 52.4 Å². The summed E-state index contributed by atoms with van der Waals surface area (Å²) >= 11 is 7.37. The number of para-hydroxylation sites is 1. The number of nitrogens with two attached hydrogens (primary N) is 1. The van der Waals surface area contributed by atoms with E-state index in [1.54, 1.807) is 12.1 Å². The molecule has 3 aromatic rings. The number of carbonyl (C=O) groups is 2. The van der Waals surface area contributed by atoms with Gasteiger partial charge < -0.3 is 26.4 Å². The van der Waals surface area contributed by atoms with Gasteiger partial charge in [-0.25, -0.2) is 4.98 Å². The van der Waals surface area contributed by atoms with Crippen LogP contribution in [0.4, 0.5) is 17.2 Å². The van der Waals surface area contributed by atoms with E-state index in [1.807, 2.05) is 49.4 Å². The van der Waals surface area contributed by atoms with Crippen molar-refractivity contribution in [3.05, 3.63) is 106 Å². The Balaban J connectivity index is 1.55. The molecule has 4 rings (SSSR count). The number of carbonyl (C=O) groups excluding carboxylic acids is 2. The third kappa shape index (κ3) is 8.46. The van der Waals surface area contributed by atoms with Crippen LogP contribution in [0.25, 0.3) is 11.3 Å². The maximum Gasteiger partial charge on any atom is 0.264 e. The molecule has 0 saturated carbocycles. The van der Waals surface area contributed by atoms with Crippen LogP contribution in [0.2, 0.25) is 5.02 Å². The number of thioether (sulfide) groups is 1. The number of halogens is 1. The van der Waals surface area contributed by atoms with Gasteiger partial charge in [0.1, 0.15) is 5.82 Å². The second-order valence-electron chi connectivity index (χ2n) is 9.48. The highest BCUT2D eigenvalue weighted by molar-refractivity contribution is 8.07. The van der Waals surface area contributed by atoms with Crippen molar-refractivity contribution in [3.8, 4) is 11.3 Å². The fourth-order valence-corrected chi connectivity index (χ4v) is 5.18. The number of aryl methyl sites for hydroxylation is 1. The molecule has 0 aliphatic carbocycles. The monoisotopic (exact) mass is 604 g/mol. The zero-order chi connectivity index (χ0) is 30.1. The lowest BCUT2D eigenvalue weighted by Crippen LogP contribution is -2.35. The van der Waals surface area contributed by atoms with E-state index in [2.05, 4.69) is 34.0 Å².